The van der Waals surface area contributed by atoms with Crippen LogP contribution < -0.4 is 5.32 Å². The van der Waals surface area contributed by atoms with Gasteiger partial charge in [0.25, 0.3) is 17.3 Å². The summed E-state index contributed by atoms with van der Waals surface area (Å²) >= 11 is 3.03. The number of halogens is 1. The molecule has 9 heteroatoms. The van der Waals surface area contributed by atoms with Crippen molar-refractivity contribution in [2.45, 2.75) is 6.92 Å². The van der Waals surface area contributed by atoms with Gasteiger partial charge in [0.15, 0.2) is 0 Å². The number of nitrogens with zero attached hydrogens (tertiary/aromatic N) is 2. The SMILES string of the molecule is Cc1ccc(NC(=O)c2ccc(Br)c([N+](=O)[O-])c2)cc1[N+](=O)[O-]. The highest BCUT2D eigenvalue weighted by molar-refractivity contribution is 9.10. The van der Waals surface area contributed by atoms with Gasteiger partial charge < -0.3 is 5.32 Å². The van der Waals surface area contributed by atoms with Crippen molar-refractivity contribution in [1.29, 1.82) is 0 Å². The monoisotopic (exact) mass is 379 g/mol. The molecule has 0 saturated heterocycles. The second-order valence-electron chi connectivity index (χ2n) is 4.64. The Morgan fingerprint density at radius 3 is 2.30 bits per heavy atom. The number of nitro groups is 2. The van der Waals surface area contributed by atoms with Crippen LogP contribution in [0.5, 0.6) is 0 Å². The summed E-state index contributed by atoms with van der Waals surface area (Å²) in [7, 11) is 0. The Labute approximate surface area is 138 Å². The molecule has 118 valence electrons. The molecule has 0 aliphatic heterocycles. The van der Waals surface area contributed by atoms with Crippen LogP contribution in [-0.2, 0) is 0 Å². The molecule has 8 nitrogen and oxygen atoms in total. The maximum Gasteiger partial charge on any atom is 0.284 e. The number of carbonyl (C=O) groups is 1. The maximum atomic E-state index is 12.1. The Balaban J connectivity index is 2.29. The van der Waals surface area contributed by atoms with Gasteiger partial charge in [-0.2, -0.15) is 0 Å². The quantitative estimate of drug-likeness (QED) is 0.639. The summed E-state index contributed by atoms with van der Waals surface area (Å²) < 4.78 is 0.255. The first-order valence-electron chi connectivity index (χ1n) is 6.30. The van der Waals surface area contributed by atoms with Gasteiger partial charge in [0.05, 0.1) is 14.3 Å². The maximum absolute atomic E-state index is 12.1. The smallest absolute Gasteiger partial charge is 0.284 e. The summed E-state index contributed by atoms with van der Waals surface area (Å²) in [6, 6.07) is 8.20. The Hall–Kier alpha value is -2.81. The Kier molecular flexibility index (Phi) is 4.70. The van der Waals surface area contributed by atoms with Crippen molar-refractivity contribution in [2.75, 3.05) is 5.32 Å². The molecule has 0 radical (unpaired) electrons. The average molecular weight is 380 g/mol. The van der Waals surface area contributed by atoms with Crippen LogP contribution in [-0.4, -0.2) is 15.8 Å². The van der Waals surface area contributed by atoms with Gasteiger partial charge in [0.1, 0.15) is 0 Å². The molecular weight excluding hydrogens is 370 g/mol. The van der Waals surface area contributed by atoms with E-state index in [1.807, 2.05) is 0 Å². The van der Waals surface area contributed by atoms with Gasteiger partial charge in [-0.1, -0.05) is 6.07 Å². The van der Waals surface area contributed by atoms with Crippen molar-refractivity contribution in [3.63, 3.8) is 0 Å². The summed E-state index contributed by atoms with van der Waals surface area (Å²) in [5.41, 5.74) is 0.408. The fourth-order valence-corrected chi connectivity index (χ4v) is 2.27. The van der Waals surface area contributed by atoms with E-state index in [4.69, 9.17) is 0 Å². The van der Waals surface area contributed by atoms with Crippen LogP contribution in [0.1, 0.15) is 15.9 Å². The van der Waals surface area contributed by atoms with Gasteiger partial charge in [-0.05, 0) is 41.1 Å². The van der Waals surface area contributed by atoms with E-state index in [0.717, 1.165) is 6.07 Å². The topological polar surface area (TPSA) is 115 Å². The third kappa shape index (κ3) is 3.69. The summed E-state index contributed by atoms with van der Waals surface area (Å²) in [6.07, 6.45) is 0. The number of benzene rings is 2. The lowest BCUT2D eigenvalue weighted by Gasteiger charge is -2.06. The molecule has 0 unspecified atom stereocenters. The lowest BCUT2D eigenvalue weighted by Crippen LogP contribution is -2.12. The van der Waals surface area contributed by atoms with Crippen LogP contribution in [0.15, 0.2) is 40.9 Å². The molecule has 2 rings (SSSR count). The standard InChI is InChI=1S/C14H10BrN3O5/c1-8-2-4-10(7-12(8)17(20)21)16-14(19)9-3-5-11(15)13(6-9)18(22)23/h2-7H,1H3,(H,16,19). The van der Waals surface area contributed by atoms with Crippen molar-refractivity contribution in [2.24, 2.45) is 0 Å². The highest BCUT2D eigenvalue weighted by Gasteiger charge is 2.17. The normalized spacial score (nSPS) is 10.2. The second kappa shape index (κ2) is 6.53. The summed E-state index contributed by atoms with van der Waals surface area (Å²) in [4.78, 5) is 32.8. The molecule has 0 fully saturated rings. The van der Waals surface area contributed by atoms with E-state index < -0.39 is 15.8 Å². The van der Waals surface area contributed by atoms with E-state index in [-0.39, 0.29) is 27.1 Å². The van der Waals surface area contributed by atoms with E-state index in [1.54, 1.807) is 6.92 Å². The van der Waals surface area contributed by atoms with E-state index in [1.165, 1.54) is 30.3 Å². The number of amides is 1. The minimum atomic E-state index is -0.614. The molecule has 0 spiro atoms. The molecule has 2 aromatic carbocycles. The molecule has 0 aliphatic rings. The Morgan fingerprint density at radius 2 is 1.70 bits per heavy atom. The van der Waals surface area contributed by atoms with Crippen molar-refractivity contribution in [1.82, 2.24) is 0 Å². The molecule has 0 bridgehead atoms. The molecule has 1 amide bonds. The minimum absolute atomic E-state index is 0.0723. The molecule has 0 aliphatic carbocycles. The van der Waals surface area contributed by atoms with Crippen LogP contribution in [0.4, 0.5) is 17.1 Å². The molecule has 0 heterocycles. The number of hydrogen-bond acceptors (Lipinski definition) is 5. The number of hydrogen-bond donors (Lipinski definition) is 1. The van der Waals surface area contributed by atoms with Gasteiger partial charge in [0, 0.05) is 28.9 Å². The number of nitrogens with one attached hydrogen (secondary N) is 1. The van der Waals surface area contributed by atoms with E-state index >= 15 is 0 Å². The van der Waals surface area contributed by atoms with Crippen molar-refractivity contribution >= 4 is 38.9 Å². The van der Waals surface area contributed by atoms with E-state index in [9.17, 15) is 25.0 Å². The molecule has 23 heavy (non-hydrogen) atoms. The van der Waals surface area contributed by atoms with Gasteiger partial charge in [-0.25, -0.2) is 0 Å². The fraction of sp³-hybridized carbons (Fsp3) is 0.0714. The fourth-order valence-electron chi connectivity index (χ4n) is 1.88. The van der Waals surface area contributed by atoms with E-state index in [2.05, 4.69) is 21.2 Å². The zero-order valence-corrected chi connectivity index (χ0v) is 13.4. The summed E-state index contributed by atoms with van der Waals surface area (Å²) in [5, 5.41) is 24.3. The average Bonchev–Trinajstić information content (AvgIpc) is 2.49. The minimum Gasteiger partial charge on any atom is -0.322 e. The lowest BCUT2D eigenvalue weighted by atomic mass is 10.1. The number of carbonyl (C=O) groups excluding carboxylic acids is 1. The largest absolute Gasteiger partial charge is 0.322 e. The second-order valence-corrected chi connectivity index (χ2v) is 5.49. The molecule has 2 aromatic rings. The number of rotatable bonds is 4. The van der Waals surface area contributed by atoms with Crippen LogP contribution in [0.3, 0.4) is 0 Å². The summed E-state index contributed by atoms with van der Waals surface area (Å²) in [5.74, 6) is -0.598. The highest BCUT2D eigenvalue weighted by atomic mass is 79.9. The third-order valence-corrected chi connectivity index (χ3v) is 3.74. The van der Waals surface area contributed by atoms with Crippen LogP contribution >= 0.6 is 15.9 Å². The predicted octanol–water partition coefficient (Wildman–Crippen LogP) is 3.83. The van der Waals surface area contributed by atoms with E-state index in [0.29, 0.717) is 5.56 Å². The number of nitro benzene ring substituents is 2. The Morgan fingerprint density at radius 1 is 1.04 bits per heavy atom. The number of aryl methyl sites for hydroxylation is 1. The molecule has 1 N–H and O–H groups in total. The molecular formula is C14H10BrN3O5. The van der Waals surface area contributed by atoms with Gasteiger partial charge >= 0.3 is 0 Å². The van der Waals surface area contributed by atoms with Crippen molar-refractivity contribution in [3.05, 3.63) is 72.2 Å². The summed E-state index contributed by atoms with van der Waals surface area (Å²) in [6.45, 7) is 1.59. The van der Waals surface area contributed by atoms with Crippen LogP contribution in [0, 0.1) is 27.2 Å². The first kappa shape index (κ1) is 16.6. The zero-order chi connectivity index (χ0) is 17.1. The van der Waals surface area contributed by atoms with Crippen molar-refractivity contribution in [3.8, 4) is 0 Å². The number of anilines is 1. The Bertz CT molecular complexity index is 822. The first-order chi connectivity index (χ1) is 10.8. The molecule has 0 aromatic heterocycles. The molecule has 0 atom stereocenters. The molecule has 0 saturated carbocycles. The third-order valence-electron chi connectivity index (χ3n) is 3.07. The highest BCUT2D eigenvalue weighted by Crippen LogP contribution is 2.27. The van der Waals surface area contributed by atoms with Gasteiger partial charge in [-0.15, -0.1) is 0 Å². The zero-order valence-electron chi connectivity index (χ0n) is 11.8. The van der Waals surface area contributed by atoms with Crippen LogP contribution in [0.2, 0.25) is 0 Å². The predicted molar refractivity (Wildman–Crippen MR) is 86.6 cm³/mol. The van der Waals surface area contributed by atoms with Gasteiger partial charge in [0.2, 0.25) is 0 Å². The lowest BCUT2D eigenvalue weighted by molar-refractivity contribution is -0.385. The van der Waals surface area contributed by atoms with Crippen molar-refractivity contribution < 1.29 is 14.6 Å². The van der Waals surface area contributed by atoms with Crippen LogP contribution in [0.25, 0.3) is 0 Å². The van der Waals surface area contributed by atoms with Gasteiger partial charge in [-0.3, -0.25) is 25.0 Å². The first-order valence-corrected chi connectivity index (χ1v) is 7.09.